The van der Waals surface area contributed by atoms with Gasteiger partial charge in [-0.15, -0.1) is 0 Å². The molecular weight excluding hydrogens is 254 g/mol. The molecule has 1 atom stereocenters. The molecule has 0 saturated carbocycles. The average molecular weight is 266 g/mol. The van der Waals surface area contributed by atoms with Gasteiger partial charge in [0.1, 0.15) is 10.3 Å². The Hall–Kier alpha value is -0.870. The van der Waals surface area contributed by atoms with E-state index >= 15 is 0 Å². The lowest BCUT2D eigenvalue weighted by molar-refractivity contribution is 0.648. The molecule has 3 rings (SSSR count). The second-order valence-electron chi connectivity index (χ2n) is 3.89. The van der Waals surface area contributed by atoms with E-state index < -0.39 is 0 Å². The average Bonchev–Trinajstić information content (AvgIpc) is 2.88. The monoisotopic (exact) mass is 265 g/mol. The van der Waals surface area contributed by atoms with Gasteiger partial charge in [0, 0.05) is 17.8 Å². The Morgan fingerprint density at radius 2 is 2.47 bits per heavy atom. The highest BCUT2D eigenvalue weighted by molar-refractivity contribution is 9.10. The first-order valence-corrected chi connectivity index (χ1v) is 6.00. The summed E-state index contributed by atoms with van der Waals surface area (Å²) in [6, 6.07) is 4.72. The molecule has 1 aliphatic rings. The van der Waals surface area contributed by atoms with Gasteiger partial charge in [-0.1, -0.05) is 6.07 Å². The molecule has 0 spiro atoms. The Balaban J connectivity index is 2.17. The smallest absolute Gasteiger partial charge is 0.142 e. The minimum absolute atomic E-state index is 0.475. The van der Waals surface area contributed by atoms with Crippen LogP contribution in [-0.2, 0) is 0 Å². The Kier molecular flexibility index (Phi) is 2.25. The van der Waals surface area contributed by atoms with Crippen molar-refractivity contribution in [1.82, 2.24) is 14.7 Å². The minimum atomic E-state index is 0.475. The van der Waals surface area contributed by atoms with E-state index in [1.807, 2.05) is 12.4 Å². The number of imidazole rings is 1. The molecule has 3 heterocycles. The minimum Gasteiger partial charge on any atom is -0.310 e. The maximum Gasteiger partial charge on any atom is 0.142 e. The summed E-state index contributed by atoms with van der Waals surface area (Å²) in [6.45, 7) is 1.12. The van der Waals surface area contributed by atoms with Crippen molar-refractivity contribution in [2.24, 2.45) is 0 Å². The molecule has 3 nitrogen and oxygen atoms in total. The van der Waals surface area contributed by atoms with Crippen LogP contribution in [0.25, 0.3) is 5.65 Å². The van der Waals surface area contributed by atoms with Gasteiger partial charge in [0.2, 0.25) is 0 Å². The molecule has 0 radical (unpaired) electrons. The Morgan fingerprint density at radius 1 is 1.53 bits per heavy atom. The Bertz CT molecular complexity index is 486. The van der Waals surface area contributed by atoms with Gasteiger partial charge in [-0.05, 0) is 41.4 Å². The lowest BCUT2D eigenvalue weighted by Crippen LogP contribution is -2.13. The number of rotatable bonds is 1. The van der Waals surface area contributed by atoms with E-state index in [0.717, 1.165) is 16.8 Å². The predicted octanol–water partition coefficient (Wildman–Crippen LogP) is 2.52. The van der Waals surface area contributed by atoms with Crippen LogP contribution >= 0.6 is 15.9 Å². The van der Waals surface area contributed by atoms with Gasteiger partial charge >= 0.3 is 0 Å². The van der Waals surface area contributed by atoms with E-state index in [-0.39, 0.29) is 0 Å². The van der Waals surface area contributed by atoms with Crippen molar-refractivity contribution in [2.75, 3.05) is 6.54 Å². The summed E-state index contributed by atoms with van der Waals surface area (Å²) in [5.41, 5.74) is 2.37. The lowest BCUT2D eigenvalue weighted by atomic mass is 10.1. The SMILES string of the molecule is Brc1cnc2c(C3CCCN3)cccn12. The van der Waals surface area contributed by atoms with E-state index in [4.69, 9.17) is 0 Å². The molecule has 0 bridgehead atoms. The van der Waals surface area contributed by atoms with Gasteiger partial charge < -0.3 is 5.32 Å². The van der Waals surface area contributed by atoms with Crippen LogP contribution in [0, 0.1) is 0 Å². The quantitative estimate of drug-likeness (QED) is 0.859. The number of aromatic nitrogens is 2. The fourth-order valence-electron chi connectivity index (χ4n) is 2.22. The Labute approximate surface area is 96.6 Å². The van der Waals surface area contributed by atoms with Crippen LogP contribution in [0.3, 0.4) is 0 Å². The van der Waals surface area contributed by atoms with E-state index in [1.54, 1.807) is 0 Å². The first kappa shape index (κ1) is 9.36. The molecule has 1 fully saturated rings. The van der Waals surface area contributed by atoms with Gasteiger partial charge in [-0.3, -0.25) is 4.40 Å². The highest BCUT2D eigenvalue weighted by atomic mass is 79.9. The van der Waals surface area contributed by atoms with Crippen molar-refractivity contribution in [3.63, 3.8) is 0 Å². The van der Waals surface area contributed by atoms with Crippen LogP contribution in [0.4, 0.5) is 0 Å². The maximum absolute atomic E-state index is 4.44. The summed E-state index contributed by atoms with van der Waals surface area (Å²) in [4.78, 5) is 4.44. The molecular formula is C11H12BrN3. The van der Waals surface area contributed by atoms with Crippen molar-refractivity contribution in [3.8, 4) is 0 Å². The normalized spacial score (nSPS) is 21.3. The standard InChI is InChI=1S/C11H12BrN3/c12-10-7-14-11-8(3-2-6-15(10)11)9-4-1-5-13-9/h2-3,6-7,9,13H,1,4-5H2. The van der Waals surface area contributed by atoms with Crippen LogP contribution in [0.1, 0.15) is 24.4 Å². The largest absolute Gasteiger partial charge is 0.310 e. The molecule has 15 heavy (non-hydrogen) atoms. The fraction of sp³-hybridized carbons (Fsp3) is 0.364. The number of halogens is 1. The number of fused-ring (bicyclic) bond motifs is 1. The molecule has 2 aromatic rings. The summed E-state index contributed by atoms with van der Waals surface area (Å²) in [5, 5.41) is 3.51. The van der Waals surface area contributed by atoms with Crippen molar-refractivity contribution >= 4 is 21.6 Å². The van der Waals surface area contributed by atoms with Gasteiger partial charge in [-0.25, -0.2) is 4.98 Å². The van der Waals surface area contributed by atoms with Gasteiger partial charge in [-0.2, -0.15) is 0 Å². The molecule has 0 aromatic carbocycles. The number of nitrogens with zero attached hydrogens (tertiary/aromatic N) is 2. The number of hydrogen-bond donors (Lipinski definition) is 1. The third-order valence-electron chi connectivity index (χ3n) is 2.96. The second kappa shape index (κ2) is 3.61. The van der Waals surface area contributed by atoms with Crippen LogP contribution in [-0.4, -0.2) is 15.9 Å². The van der Waals surface area contributed by atoms with E-state index in [2.05, 4.69) is 42.8 Å². The maximum atomic E-state index is 4.44. The fourth-order valence-corrected chi connectivity index (χ4v) is 2.61. The molecule has 1 unspecified atom stereocenters. The van der Waals surface area contributed by atoms with E-state index in [1.165, 1.54) is 18.4 Å². The molecule has 4 heteroatoms. The van der Waals surface area contributed by atoms with Crippen molar-refractivity contribution in [2.45, 2.75) is 18.9 Å². The summed E-state index contributed by atoms with van der Waals surface area (Å²) in [7, 11) is 0. The summed E-state index contributed by atoms with van der Waals surface area (Å²) in [6.07, 6.45) is 6.36. The Morgan fingerprint density at radius 3 is 3.27 bits per heavy atom. The van der Waals surface area contributed by atoms with E-state index in [9.17, 15) is 0 Å². The number of nitrogens with one attached hydrogen (secondary N) is 1. The first-order chi connectivity index (χ1) is 7.36. The predicted molar refractivity (Wildman–Crippen MR) is 62.9 cm³/mol. The van der Waals surface area contributed by atoms with Crippen molar-refractivity contribution < 1.29 is 0 Å². The third kappa shape index (κ3) is 1.48. The van der Waals surface area contributed by atoms with Crippen LogP contribution in [0.2, 0.25) is 0 Å². The molecule has 0 amide bonds. The van der Waals surface area contributed by atoms with Crippen molar-refractivity contribution in [3.05, 3.63) is 34.7 Å². The molecule has 1 aliphatic heterocycles. The van der Waals surface area contributed by atoms with Crippen LogP contribution < -0.4 is 5.32 Å². The zero-order valence-electron chi connectivity index (χ0n) is 8.28. The molecule has 0 aliphatic carbocycles. The van der Waals surface area contributed by atoms with Gasteiger partial charge in [0.05, 0.1) is 6.20 Å². The van der Waals surface area contributed by atoms with Crippen LogP contribution in [0.5, 0.6) is 0 Å². The van der Waals surface area contributed by atoms with Gasteiger partial charge in [0.25, 0.3) is 0 Å². The number of hydrogen-bond acceptors (Lipinski definition) is 2. The topological polar surface area (TPSA) is 29.3 Å². The summed E-state index contributed by atoms with van der Waals surface area (Å²) >= 11 is 3.49. The molecule has 78 valence electrons. The highest BCUT2D eigenvalue weighted by Crippen LogP contribution is 2.27. The second-order valence-corrected chi connectivity index (χ2v) is 4.70. The zero-order chi connectivity index (χ0) is 10.3. The summed E-state index contributed by atoms with van der Waals surface area (Å²) < 4.78 is 3.09. The van der Waals surface area contributed by atoms with Gasteiger partial charge in [0.15, 0.2) is 0 Å². The molecule has 1 saturated heterocycles. The summed E-state index contributed by atoms with van der Waals surface area (Å²) in [5.74, 6) is 0. The zero-order valence-corrected chi connectivity index (χ0v) is 9.87. The van der Waals surface area contributed by atoms with Crippen molar-refractivity contribution in [1.29, 1.82) is 0 Å². The molecule has 1 N–H and O–H groups in total. The first-order valence-electron chi connectivity index (χ1n) is 5.21. The van der Waals surface area contributed by atoms with Crippen LogP contribution in [0.15, 0.2) is 29.1 Å². The third-order valence-corrected chi connectivity index (χ3v) is 3.54. The highest BCUT2D eigenvalue weighted by Gasteiger charge is 2.19. The number of pyridine rings is 1. The van der Waals surface area contributed by atoms with E-state index in [0.29, 0.717) is 6.04 Å². The lowest BCUT2D eigenvalue weighted by Gasteiger charge is -2.11. The molecule has 2 aromatic heterocycles.